The molecule has 2 N–H and O–H groups in total. The van der Waals surface area contributed by atoms with Gasteiger partial charge in [-0.1, -0.05) is 19.1 Å². The summed E-state index contributed by atoms with van der Waals surface area (Å²) in [6, 6.07) is 5.91. The summed E-state index contributed by atoms with van der Waals surface area (Å²) in [5, 5.41) is 5.95. The van der Waals surface area contributed by atoms with Crippen LogP contribution in [-0.2, 0) is 4.79 Å². The Bertz CT molecular complexity index is 484. The fourth-order valence-electron chi connectivity index (χ4n) is 2.49. The number of nitrogens with one attached hydrogen (secondary N) is 2. The highest BCUT2D eigenvalue weighted by Crippen LogP contribution is 2.33. The predicted molar refractivity (Wildman–Crippen MR) is 79.6 cm³/mol. The van der Waals surface area contributed by atoms with Crippen LogP contribution in [0.2, 0.25) is 0 Å². The average molecular weight is 259 g/mol. The molecule has 0 bridgehead atoms. The van der Waals surface area contributed by atoms with Crippen molar-refractivity contribution in [1.82, 2.24) is 5.32 Å². The minimum Gasteiger partial charge on any atom is -0.368 e. The van der Waals surface area contributed by atoms with Crippen molar-refractivity contribution >= 4 is 17.3 Å². The molecule has 4 heteroatoms. The van der Waals surface area contributed by atoms with Crippen LogP contribution in [0.5, 0.6) is 0 Å². The fourth-order valence-corrected chi connectivity index (χ4v) is 2.49. The molecule has 1 aromatic rings. The van der Waals surface area contributed by atoms with Gasteiger partial charge in [0.05, 0.1) is 0 Å². The van der Waals surface area contributed by atoms with Crippen molar-refractivity contribution in [3.63, 3.8) is 0 Å². The normalized spacial score (nSPS) is 16.9. The summed E-state index contributed by atoms with van der Waals surface area (Å²) < 4.78 is 0. The Labute approximate surface area is 114 Å². The van der Waals surface area contributed by atoms with E-state index < -0.39 is 0 Å². The lowest BCUT2D eigenvalue weighted by molar-refractivity contribution is -0.117. The van der Waals surface area contributed by atoms with Gasteiger partial charge >= 0.3 is 0 Å². The molecule has 0 saturated heterocycles. The number of rotatable bonds is 6. The molecule has 19 heavy (non-hydrogen) atoms. The number of amides is 1. The maximum absolute atomic E-state index is 11.8. The molecule has 0 spiro atoms. The van der Waals surface area contributed by atoms with E-state index in [-0.39, 0.29) is 11.9 Å². The average Bonchev–Trinajstić information content (AvgIpc) is 2.72. The Balaban J connectivity index is 2.29. The molecular weight excluding hydrogens is 238 g/mol. The summed E-state index contributed by atoms with van der Waals surface area (Å²) in [5.74, 6) is 0.0143. The SMILES string of the molecule is C=CCN(CCC)c1ccc2c(c1)NC(=O)C2NC. The van der Waals surface area contributed by atoms with Gasteiger partial charge in [-0.15, -0.1) is 6.58 Å². The van der Waals surface area contributed by atoms with Crippen LogP contribution >= 0.6 is 0 Å². The monoisotopic (exact) mass is 259 g/mol. The van der Waals surface area contributed by atoms with Crippen LogP contribution in [-0.4, -0.2) is 26.0 Å². The first-order valence-corrected chi connectivity index (χ1v) is 6.69. The number of nitrogens with zero attached hydrogens (tertiary/aromatic N) is 1. The van der Waals surface area contributed by atoms with Gasteiger partial charge < -0.3 is 15.5 Å². The molecule has 1 aliphatic heterocycles. The molecule has 1 aromatic carbocycles. The number of benzene rings is 1. The van der Waals surface area contributed by atoms with Crippen LogP contribution in [0.3, 0.4) is 0 Å². The molecule has 1 unspecified atom stereocenters. The Kier molecular flexibility index (Phi) is 4.22. The summed E-state index contributed by atoms with van der Waals surface area (Å²) in [6.45, 7) is 7.75. The van der Waals surface area contributed by atoms with Crippen LogP contribution in [0.25, 0.3) is 0 Å². The smallest absolute Gasteiger partial charge is 0.246 e. The van der Waals surface area contributed by atoms with E-state index in [0.29, 0.717) is 0 Å². The molecular formula is C15H21N3O. The van der Waals surface area contributed by atoms with Gasteiger partial charge in [0.2, 0.25) is 5.91 Å². The number of hydrogen-bond acceptors (Lipinski definition) is 3. The van der Waals surface area contributed by atoms with Crippen LogP contribution in [0.1, 0.15) is 24.9 Å². The highest BCUT2D eigenvalue weighted by Gasteiger charge is 2.29. The predicted octanol–water partition coefficient (Wildman–Crippen LogP) is 2.30. The van der Waals surface area contributed by atoms with Crippen LogP contribution < -0.4 is 15.5 Å². The first kappa shape index (κ1) is 13.6. The number of carbonyl (C=O) groups excluding carboxylic acids is 1. The number of carbonyl (C=O) groups is 1. The minimum absolute atomic E-state index is 0.0143. The van der Waals surface area contributed by atoms with Crippen molar-refractivity contribution in [3.8, 4) is 0 Å². The van der Waals surface area contributed by atoms with Gasteiger partial charge in [-0.3, -0.25) is 4.79 Å². The van der Waals surface area contributed by atoms with Gasteiger partial charge in [0.15, 0.2) is 0 Å². The highest BCUT2D eigenvalue weighted by atomic mass is 16.2. The Hall–Kier alpha value is -1.81. The zero-order valence-electron chi connectivity index (χ0n) is 11.6. The quantitative estimate of drug-likeness (QED) is 0.770. The first-order valence-electron chi connectivity index (χ1n) is 6.69. The highest BCUT2D eigenvalue weighted by molar-refractivity contribution is 6.03. The van der Waals surface area contributed by atoms with Crippen LogP contribution in [0, 0.1) is 0 Å². The van der Waals surface area contributed by atoms with E-state index in [0.717, 1.165) is 36.4 Å². The van der Waals surface area contributed by atoms with E-state index in [9.17, 15) is 4.79 Å². The third-order valence-corrected chi connectivity index (χ3v) is 3.36. The van der Waals surface area contributed by atoms with E-state index in [1.54, 1.807) is 7.05 Å². The number of likely N-dealkylation sites (N-methyl/N-ethyl adjacent to an activating group) is 1. The van der Waals surface area contributed by atoms with Crippen molar-refractivity contribution in [2.75, 3.05) is 30.4 Å². The van der Waals surface area contributed by atoms with Crippen molar-refractivity contribution < 1.29 is 4.79 Å². The largest absolute Gasteiger partial charge is 0.368 e. The molecule has 1 atom stereocenters. The van der Waals surface area contributed by atoms with E-state index in [1.807, 2.05) is 18.2 Å². The molecule has 0 saturated carbocycles. The molecule has 4 nitrogen and oxygen atoms in total. The topological polar surface area (TPSA) is 44.4 Å². The summed E-state index contributed by atoms with van der Waals surface area (Å²) in [7, 11) is 1.80. The van der Waals surface area contributed by atoms with Crippen LogP contribution in [0.15, 0.2) is 30.9 Å². The summed E-state index contributed by atoms with van der Waals surface area (Å²) in [5.41, 5.74) is 3.05. The zero-order valence-corrected chi connectivity index (χ0v) is 11.6. The Morgan fingerprint density at radius 1 is 1.53 bits per heavy atom. The molecule has 102 valence electrons. The molecule has 1 aliphatic rings. The molecule has 0 radical (unpaired) electrons. The molecule has 0 fully saturated rings. The first-order chi connectivity index (χ1) is 9.21. The molecule has 0 aliphatic carbocycles. The van der Waals surface area contributed by atoms with Gasteiger partial charge in [-0.05, 0) is 25.6 Å². The minimum atomic E-state index is -0.233. The van der Waals surface area contributed by atoms with E-state index in [4.69, 9.17) is 0 Å². The second-order valence-corrected chi connectivity index (χ2v) is 4.72. The van der Waals surface area contributed by atoms with Gasteiger partial charge in [-0.25, -0.2) is 0 Å². The van der Waals surface area contributed by atoms with Crippen molar-refractivity contribution in [1.29, 1.82) is 0 Å². The van der Waals surface area contributed by atoms with Gasteiger partial charge in [-0.2, -0.15) is 0 Å². The van der Waals surface area contributed by atoms with Crippen molar-refractivity contribution in [3.05, 3.63) is 36.4 Å². The fraction of sp³-hybridized carbons (Fsp3) is 0.400. The molecule has 1 amide bonds. The van der Waals surface area contributed by atoms with Gasteiger partial charge in [0.1, 0.15) is 6.04 Å². The van der Waals surface area contributed by atoms with Crippen LogP contribution in [0.4, 0.5) is 11.4 Å². The maximum Gasteiger partial charge on any atom is 0.246 e. The summed E-state index contributed by atoms with van der Waals surface area (Å²) in [4.78, 5) is 14.0. The second-order valence-electron chi connectivity index (χ2n) is 4.72. The summed E-state index contributed by atoms with van der Waals surface area (Å²) >= 11 is 0. The Morgan fingerprint density at radius 3 is 2.95 bits per heavy atom. The maximum atomic E-state index is 11.8. The van der Waals surface area contributed by atoms with E-state index >= 15 is 0 Å². The third-order valence-electron chi connectivity index (χ3n) is 3.36. The lowest BCUT2D eigenvalue weighted by Gasteiger charge is -2.23. The molecule has 1 heterocycles. The Morgan fingerprint density at radius 2 is 2.32 bits per heavy atom. The lowest BCUT2D eigenvalue weighted by Crippen LogP contribution is -2.24. The molecule has 2 rings (SSSR count). The number of hydrogen-bond donors (Lipinski definition) is 2. The third kappa shape index (κ3) is 2.63. The van der Waals surface area contributed by atoms with Crippen molar-refractivity contribution in [2.45, 2.75) is 19.4 Å². The number of fused-ring (bicyclic) bond motifs is 1. The molecule has 0 aromatic heterocycles. The van der Waals surface area contributed by atoms with E-state index in [1.165, 1.54) is 0 Å². The van der Waals surface area contributed by atoms with Crippen molar-refractivity contribution in [2.24, 2.45) is 0 Å². The zero-order chi connectivity index (χ0) is 13.8. The van der Waals surface area contributed by atoms with Gasteiger partial charge in [0, 0.05) is 30.0 Å². The second kappa shape index (κ2) is 5.89. The summed E-state index contributed by atoms with van der Waals surface area (Å²) in [6.07, 6.45) is 2.98. The van der Waals surface area contributed by atoms with E-state index in [2.05, 4.69) is 35.1 Å². The van der Waals surface area contributed by atoms with Gasteiger partial charge in [0.25, 0.3) is 0 Å². The lowest BCUT2D eigenvalue weighted by atomic mass is 10.1. The standard InChI is InChI=1S/C15H21N3O/c1-4-8-18(9-5-2)11-6-7-12-13(10-11)17-15(19)14(12)16-3/h4,6-7,10,14,16H,1,5,8-9H2,2-3H3,(H,17,19). The number of anilines is 2.